The van der Waals surface area contributed by atoms with Gasteiger partial charge in [-0.15, -0.1) is 0 Å². The molecule has 1 aliphatic heterocycles. The monoisotopic (exact) mass is 370 g/mol. The van der Waals surface area contributed by atoms with Gasteiger partial charge in [-0.1, -0.05) is 17.7 Å². The van der Waals surface area contributed by atoms with E-state index in [2.05, 4.69) is 15.5 Å². The number of furan rings is 1. The zero-order valence-electron chi connectivity index (χ0n) is 14.1. The number of nitrogens with zero attached hydrogens (tertiary/aromatic N) is 2. The maximum absolute atomic E-state index is 12.4. The van der Waals surface area contributed by atoms with Crippen molar-refractivity contribution in [2.24, 2.45) is 0 Å². The average molecular weight is 371 g/mol. The van der Waals surface area contributed by atoms with E-state index in [-0.39, 0.29) is 6.03 Å². The molecule has 0 unspecified atom stereocenters. The summed E-state index contributed by atoms with van der Waals surface area (Å²) in [6, 6.07) is 12.9. The van der Waals surface area contributed by atoms with E-state index in [1.54, 1.807) is 18.4 Å². The van der Waals surface area contributed by atoms with E-state index >= 15 is 0 Å². The fourth-order valence-electron chi connectivity index (χ4n) is 3.25. The van der Waals surface area contributed by atoms with Crippen molar-refractivity contribution in [1.82, 2.24) is 15.1 Å². The van der Waals surface area contributed by atoms with E-state index in [4.69, 9.17) is 16.0 Å². The van der Waals surface area contributed by atoms with Gasteiger partial charge in [0.1, 0.15) is 5.69 Å². The number of H-pyrrole nitrogens is 1. The van der Waals surface area contributed by atoms with Crippen molar-refractivity contribution < 1.29 is 9.21 Å². The molecule has 0 atom stereocenters. The fraction of sp³-hybridized carbons (Fsp3) is 0.263. The third kappa shape index (κ3) is 3.60. The summed E-state index contributed by atoms with van der Waals surface area (Å²) in [7, 11) is 0. The number of benzene rings is 1. The summed E-state index contributed by atoms with van der Waals surface area (Å²) < 4.78 is 5.39. The number of hydrogen-bond acceptors (Lipinski definition) is 3. The van der Waals surface area contributed by atoms with Crippen molar-refractivity contribution in [2.75, 3.05) is 18.4 Å². The number of amides is 2. The summed E-state index contributed by atoms with van der Waals surface area (Å²) in [5.41, 5.74) is 2.61. The molecule has 4 rings (SSSR count). The lowest BCUT2D eigenvalue weighted by Gasteiger charge is -2.31. The number of aromatic amines is 1. The first-order chi connectivity index (χ1) is 12.7. The minimum atomic E-state index is -0.0935. The molecule has 134 valence electrons. The Kier molecular flexibility index (Phi) is 4.67. The van der Waals surface area contributed by atoms with Crippen molar-refractivity contribution in [3.63, 3.8) is 0 Å². The highest BCUT2D eigenvalue weighted by Gasteiger charge is 2.25. The molecule has 3 heterocycles. The van der Waals surface area contributed by atoms with Crippen LogP contribution in [-0.2, 0) is 0 Å². The van der Waals surface area contributed by atoms with Crippen molar-refractivity contribution in [1.29, 1.82) is 0 Å². The standard InChI is InChI=1S/C19H19ClN4O2/c20-14-3-1-4-15(11-14)21-19(25)24-8-6-13(7-9-24)16-12-17(23-22-16)18-5-2-10-26-18/h1-5,10-13H,6-9H2,(H,21,25)(H,22,23). The number of hydrogen-bond donors (Lipinski definition) is 2. The lowest BCUT2D eigenvalue weighted by Crippen LogP contribution is -2.40. The van der Waals surface area contributed by atoms with Gasteiger partial charge < -0.3 is 14.6 Å². The smallest absolute Gasteiger partial charge is 0.321 e. The Morgan fingerprint density at radius 1 is 1.23 bits per heavy atom. The number of anilines is 1. The van der Waals surface area contributed by atoms with Crippen LogP contribution in [0.2, 0.25) is 5.02 Å². The summed E-state index contributed by atoms with van der Waals surface area (Å²) in [5, 5.41) is 11.0. The molecule has 2 N–H and O–H groups in total. The Morgan fingerprint density at radius 3 is 2.81 bits per heavy atom. The van der Waals surface area contributed by atoms with Gasteiger partial charge in [0.2, 0.25) is 0 Å². The molecule has 0 bridgehead atoms. The lowest BCUT2D eigenvalue weighted by molar-refractivity contribution is 0.194. The largest absolute Gasteiger partial charge is 0.463 e. The third-order valence-corrected chi connectivity index (χ3v) is 4.90. The zero-order valence-corrected chi connectivity index (χ0v) is 14.9. The molecule has 26 heavy (non-hydrogen) atoms. The van der Waals surface area contributed by atoms with E-state index in [1.165, 1.54) is 0 Å². The molecule has 0 radical (unpaired) electrons. The van der Waals surface area contributed by atoms with Gasteiger partial charge in [-0.25, -0.2) is 4.79 Å². The molecule has 1 aliphatic rings. The van der Waals surface area contributed by atoms with Crippen LogP contribution in [0.1, 0.15) is 24.5 Å². The van der Waals surface area contributed by atoms with E-state index in [0.717, 1.165) is 30.0 Å². The fourth-order valence-corrected chi connectivity index (χ4v) is 3.44. The van der Waals surface area contributed by atoms with Crippen LogP contribution in [0, 0.1) is 0 Å². The first-order valence-electron chi connectivity index (χ1n) is 8.60. The normalized spacial score (nSPS) is 15.2. The number of carbonyl (C=O) groups is 1. The predicted molar refractivity (Wildman–Crippen MR) is 100 cm³/mol. The number of rotatable bonds is 3. The third-order valence-electron chi connectivity index (χ3n) is 4.66. The second kappa shape index (κ2) is 7.25. The van der Waals surface area contributed by atoms with Gasteiger partial charge in [0.05, 0.1) is 12.0 Å². The molecule has 7 heteroatoms. The van der Waals surface area contributed by atoms with E-state index in [9.17, 15) is 4.79 Å². The maximum atomic E-state index is 12.4. The highest BCUT2D eigenvalue weighted by molar-refractivity contribution is 6.30. The summed E-state index contributed by atoms with van der Waals surface area (Å²) in [6.07, 6.45) is 3.41. The van der Waals surface area contributed by atoms with Gasteiger partial charge in [0.25, 0.3) is 0 Å². The number of piperidine rings is 1. The first-order valence-corrected chi connectivity index (χ1v) is 8.97. The summed E-state index contributed by atoms with van der Waals surface area (Å²) >= 11 is 5.96. The topological polar surface area (TPSA) is 74.2 Å². The van der Waals surface area contributed by atoms with Gasteiger partial charge in [-0.2, -0.15) is 5.10 Å². The summed E-state index contributed by atoms with van der Waals surface area (Å²) in [6.45, 7) is 1.39. The van der Waals surface area contributed by atoms with Gasteiger partial charge in [-0.05, 0) is 49.2 Å². The molecule has 1 saturated heterocycles. The Morgan fingerprint density at radius 2 is 2.08 bits per heavy atom. The van der Waals surface area contributed by atoms with Gasteiger partial charge >= 0.3 is 6.03 Å². The maximum Gasteiger partial charge on any atom is 0.321 e. The van der Waals surface area contributed by atoms with Gasteiger partial charge in [0, 0.05) is 29.7 Å². The number of nitrogens with one attached hydrogen (secondary N) is 2. The van der Waals surface area contributed by atoms with Crippen molar-refractivity contribution in [3.8, 4) is 11.5 Å². The minimum Gasteiger partial charge on any atom is -0.463 e. The van der Waals surface area contributed by atoms with Crippen LogP contribution in [0.5, 0.6) is 0 Å². The number of carbonyl (C=O) groups excluding carboxylic acids is 1. The average Bonchev–Trinajstić information content (AvgIpc) is 3.33. The summed E-state index contributed by atoms with van der Waals surface area (Å²) in [5.74, 6) is 1.12. The Bertz CT molecular complexity index is 883. The lowest BCUT2D eigenvalue weighted by atomic mass is 9.93. The van der Waals surface area contributed by atoms with Crippen molar-refractivity contribution in [3.05, 3.63) is 59.4 Å². The van der Waals surface area contributed by atoms with Crippen LogP contribution in [-0.4, -0.2) is 34.2 Å². The second-order valence-electron chi connectivity index (χ2n) is 6.39. The molecule has 2 aromatic heterocycles. The zero-order chi connectivity index (χ0) is 17.9. The van der Waals surface area contributed by atoms with E-state index < -0.39 is 0 Å². The number of aromatic nitrogens is 2. The van der Waals surface area contributed by atoms with Crippen molar-refractivity contribution in [2.45, 2.75) is 18.8 Å². The Hall–Kier alpha value is -2.73. The molecule has 1 fully saturated rings. The molecular formula is C19H19ClN4O2. The predicted octanol–water partition coefficient (Wildman–Crippen LogP) is 4.73. The molecule has 0 aliphatic carbocycles. The van der Waals surface area contributed by atoms with E-state index in [0.29, 0.717) is 29.7 Å². The molecule has 6 nitrogen and oxygen atoms in total. The van der Waals surface area contributed by atoms with Crippen molar-refractivity contribution >= 4 is 23.3 Å². The van der Waals surface area contributed by atoms with Gasteiger partial charge in [-0.3, -0.25) is 5.10 Å². The minimum absolute atomic E-state index is 0.0935. The first kappa shape index (κ1) is 16.7. The molecule has 0 saturated carbocycles. The van der Waals surface area contributed by atoms with Crippen LogP contribution < -0.4 is 5.32 Å². The van der Waals surface area contributed by atoms with Crippen LogP contribution in [0.3, 0.4) is 0 Å². The van der Waals surface area contributed by atoms with Crippen LogP contribution in [0.4, 0.5) is 10.5 Å². The molecule has 3 aromatic rings. The summed E-state index contributed by atoms with van der Waals surface area (Å²) in [4.78, 5) is 14.2. The number of likely N-dealkylation sites (tertiary alicyclic amines) is 1. The Balaban J connectivity index is 1.34. The number of urea groups is 1. The van der Waals surface area contributed by atoms with E-state index in [1.807, 2.05) is 35.2 Å². The second-order valence-corrected chi connectivity index (χ2v) is 6.82. The SMILES string of the molecule is O=C(Nc1cccc(Cl)c1)N1CCC(c2cc(-c3ccco3)[nH]n2)CC1. The number of halogens is 1. The molecule has 1 aromatic carbocycles. The molecule has 2 amide bonds. The quantitative estimate of drug-likeness (QED) is 0.699. The highest BCUT2D eigenvalue weighted by Crippen LogP contribution is 2.29. The molecular weight excluding hydrogens is 352 g/mol. The van der Waals surface area contributed by atoms with Gasteiger partial charge in [0.15, 0.2) is 5.76 Å². The van der Waals surface area contributed by atoms with Crippen LogP contribution >= 0.6 is 11.6 Å². The Labute approximate surface area is 156 Å². The molecule has 0 spiro atoms. The van der Waals surface area contributed by atoms with Crippen LogP contribution in [0.15, 0.2) is 53.1 Å². The highest BCUT2D eigenvalue weighted by atomic mass is 35.5. The van der Waals surface area contributed by atoms with Crippen LogP contribution in [0.25, 0.3) is 11.5 Å².